The first-order valence-electron chi connectivity index (χ1n) is 7.92. The maximum Gasteiger partial charge on any atom is 0.331 e. The van der Waals surface area contributed by atoms with Gasteiger partial charge >= 0.3 is 5.97 Å². The van der Waals surface area contributed by atoms with Crippen LogP contribution in [0, 0.1) is 5.82 Å². The predicted molar refractivity (Wildman–Crippen MR) is 99.1 cm³/mol. The molecule has 3 rings (SSSR count). The van der Waals surface area contributed by atoms with Crippen LogP contribution in [0.25, 0.3) is 6.08 Å². The van der Waals surface area contributed by atoms with Gasteiger partial charge in [-0.3, -0.25) is 4.98 Å². The van der Waals surface area contributed by atoms with E-state index < -0.39 is 17.9 Å². The van der Waals surface area contributed by atoms with E-state index in [9.17, 15) is 9.18 Å². The molecule has 3 nitrogen and oxygen atoms in total. The summed E-state index contributed by atoms with van der Waals surface area (Å²) in [6.45, 7) is 0. The minimum absolute atomic E-state index is 0.408. The Balaban J connectivity index is 1.82. The number of benzene rings is 2. The number of carbonyl (C=O) groups excluding carboxylic acids is 1. The number of pyridine rings is 1. The number of carbonyl (C=O) groups is 1. The van der Waals surface area contributed by atoms with Gasteiger partial charge in [0.15, 0.2) is 6.10 Å². The monoisotopic (exact) mass is 367 g/mol. The van der Waals surface area contributed by atoms with Crippen LogP contribution >= 0.6 is 11.6 Å². The molecule has 0 N–H and O–H groups in total. The number of hydrogen-bond donors (Lipinski definition) is 0. The molecule has 0 aliphatic rings. The number of rotatable bonds is 5. The molecule has 0 spiro atoms. The molecule has 0 radical (unpaired) electrons. The molecule has 0 saturated heterocycles. The molecule has 3 aromatic rings. The van der Waals surface area contributed by atoms with Crippen LogP contribution in [0.4, 0.5) is 4.39 Å². The van der Waals surface area contributed by atoms with Crippen LogP contribution in [0.15, 0.2) is 79.0 Å². The minimum Gasteiger partial charge on any atom is -0.448 e. The van der Waals surface area contributed by atoms with Gasteiger partial charge < -0.3 is 4.74 Å². The van der Waals surface area contributed by atoms with E-state index in [0.29, 0.717) is 16.3 Å². The summed E-state index contributed by atoms with van der Waals surface area (Å²) >= 11 is 5.93. The maximum atomic E-state index is 13.6. The van der Waals surface area contributed by atoms with Crippen LogP contribution in [0.3, 0.4) is 0 Å². The molecule has 26 heavy (non-hydrogen) atoms. The van der Waals surface area contributed by atoms with Crippen LogP contribution < -0.4 is 0 Å². The summed E-state index contributed by atoms with van der Waals surface area (Å²) in [6, 6.07) is 18.3. The second-order valence-electron chi connectivity index (χ2n) is 5.51. The molecule has 1 atom stereocenters. The Hall–Kier alpha value is -2.98. The average molecular weight is 368 g/mol. The van der Waals surface area contributed by atoms with Gasteiger partial charge in [0, 0.05) is 22.9 Å². The van der Waals surface area contributed by atoms with Crippen molar-refractivity contribution < 1.29 is 13.9 Å². The van der Waals surface area contributed by atoms with Crippen LogP contribution in [0.1, 0.15) is 22.9 Å². The minimum atomic E-state index is -0.802. The molecule has 0 amide bonds. The third kappa shape index (κ3) is 4.77. The highest BCUT2D eigenvalue weighted by Crippen LogP contribution is 2.25. The van der Waals surface area contributed by atoms with Crippen molar-refractivity contribution in [3.8, 4) is 0 Å². The molecule has 1 heterocycles. The summed E-state index contributed by atoms with van der Waals surface area (Å²) in [5.74, 6) is -0.973. The highest BCUT2D eigenvalue weighted by molar-refractivity contribution is 6.30. The molecule has 0 aliphatic carbocycles. The maximum absolute atomic E-state index is 13.6. The Morgan fingerprint density at radius 1 is 1.08 bits per heavy atom. The Labute approximate surface area is 155 Å². The summed E-state index contributed by atoms with van der Waals surface area (Å²) in [7, 11) is 0. The summed E-state index contributed by atoms with van der Waals surface area (Å²) in [5, 5.41) is 0.576. The van der Waals surface area contributed by atoms with E-state index in [0.717, 1.165) is 5.56 Å². The second-order valence-corrected chi connectivity index (χ2v) is 5.95. The first-order valence-corrected chi connectivity index (χ1v) is 8.30. The molecular weight excluding hydrogens is 353 g/mol. The average Bonchev–Trinajstić information content (AvgIpc) is 2.65. The third-order valence-corrected chi connectivity index (χ3v) is 3.84. The Kier molecular flexibility index (Phi) is 5.77. The van der Waals surface area contributed by atoms with Gasteiger partial charge in [-0.15, -0.1) is 0 Å². The van der Waals surface area contributed by atoms with Crippen molar-refractivity contribution in [1.29, 1.82) is 0 Å². The fourth-order valence-electron chi connectivity index (χ4n) is 2.43. The molecule has 2 aromatic carbocycles. The first kappa shape index (κ1) is 17.8. The number of ether oxygens (including phenoxy) is 1. The fraction of sp³-hybridized carbons (Fsp3) is 0.0476. The SMILES string of the molecule is O=C(/C=C/c1cccc(Cl)c1)OC(c1cccc(F)c1)c1ccccn1. The third-order valence-electron chi connectivity index (χ3n) is 3.60. The Morgan fingerprint density at radius 3 is 2.65 bits per heavy atom. The van der Waals surface area contributed by atoms with Crippen LogP contribution in [-0.4, -0.2) is 11.0 Å². The Bertz CT molecular complexity index is 928. The molecule has 0 fully saturated rings. The molecule has 0 bridgehead atoms. The lowest BCUT2D eigenvalue weighted by Gasteiger charge is -2.17. The van der Waals surface area contributed by atoms with E-state index in [1.165, 1.54) is 18.2 Å². The van der Waals surface area contributed by atoms with Crippen LogP contribution in [0.2, 0.25) is 5.02 Å². The predicted octanol–water partition coefficient (Wildman–Crippen LogP) is 5.22. The van der Waals surface area contributed by atoms with Crippen molar-refractivity contribution in [3.63, 3.8) is 0 Å². The lowest BCUT2D eigenvalue weighted by atomic mass is 10.1. The smallest absolute Gasteiger partial charge is 0.331 e. The normalized spacial score (nSPS) is 12.1. The van der Waals surface area contributed by atoms with E-state index in [2.05, 4.69) is 4.98 Å². The molecule has 130 valence electrons. The standard InChI is InChI=1S/C21H15ClFNO2/c22-17-7-3-5-15(13-17)10-11-20(25)26-21(19-9-1-2-12-24-19)16-6-4-8-18(23)14-16/h1-14,21H/b11-10+. The topological polar surface area (TPSA) is 39.2 Å². The number of aromatic nitrogens is 1. The summed E-state index contributed by atoms with van der Waals surface area (Å²) in [5.41, 5.74) is 1.80. The van der Waals surface area contributed by atoms with Crippen molar-refractivity contribution in [2.75, 3.05) is 0 Å². The van der Waals surface area contributed by atoms with Crippen LogP contribution in [0.5, 0.6) is 0 Å². The zero-order chi connectivity index (χ0) is 18.4. The highest BCUT2D eigenvalue weighted by Gasteiger charge is 2.19. The van der Waals surface area contributed by atoms with Gasteiger partial charge in [0.2, 0.25) is 0 Å². The van der Waals surface area contributed by atoms with Gasteiger partial charge in [-0.05, 0) is 48.0 Å². The van der Waals surface area contributed by atoms with Crippen molar-refractivity contribution >= 4 is 23.6 Å². The van der Waals surface area contributed by atoms with Gasteiger partial charge in [-0.2, -0.15) is 0 Å². The summed E-state index contributed by atoms with van der Waals surface area (Å²) < 4.78 is 19.1. The molecular formula is C21H15ClFNO2. The summed E-state index contributed by atoms with van der Waals surface area (Å²) in [6.07, 6.45) is 3.70. The zero-order valence-electron chi connectivity index (χ0n) is 13.7. The molecule has 1 unspecified atom stereocenters. The number of hydrogen-bond acceptors (Lipinski definition) is 3. The van der Waals surface area contributed by atoms with Crippen molar-refractivity contribution in [1.82, 2.24) is 4.98 Å². The summed E-state index contributed by atoms with van der Waals surface area (Å²) in [4.78, 5) is 16.5. The van der Waals surface area contributed by atoms with Crippen LogP contribution in [-0.2, 0) is 9.53 Å². The van der Waals surface area contributed by atoms with Gasteiger partial charge in [0.05, 0.1) is 5.69 Å². The zero-order valence-corrected chi connectivity index (χ0v) is 14.4. The Morgan fingerprint density at radius 2 is 1.92 bits per heavy atom. The number of nitrogens with zero attached hydrogens (tertiary/aromatic N) is 1. The van der Waals surface area contributed by atoms with E-state index >= 15 is 0 Å². The first-order chi connectivity index (χ1) is 12.6. The lowest BCUT2D eigenvalue weighted by Crippen LogP contribution is -2.12. The quantitative estimate of drug-likeness (QED) is 0.458. The van der Waals surface area contributed by atoms with Gasteiger partial charge in [-0.25, -0.2) is 9.18 Å². The largest absolute Gasteiger partial charge is 0.448 e. The molecule has 5 heteroatoms. The highest BCUT2D eigenvalue weighted by atomic mass is 35.5. The molecule has 0 saturated carbocycles. The molecule has 0 aliphatic heterocycles. The van der Waals surface area contributed by atoms with Gasteiger partial charge in [0.1, 0.15) is 5.82 Å². The van der Waals surface area contributed by atoms with Crippen molar-refractivity contribution in [2.24, 2.45) is 0 Å². The van der Waals surface area contributed by atoms with E-state index in [4.69, 9.17) is 16.3 Å². The second kappa shape index (κ2) is 8.41. The van der Waals surface area contributed by atoms with Crippen molar-refractivity contribution in [2.45, 2.75) is 6.10 Å². The number of esters is 1. The van der Waals surface area contributed by atoms with Gasteiger partial charge in [-0.1, -0.05) is 41.9 Å². The lowest BCUT2D eigenvalue weighted by molar-refractivity contribution is -0.141. The van der Waals surface area contributed by atoms with E-state index in [-0.39, 0.29) is 0 Å². The van der Waals surface area contributed by atoms with Crippen molar-refractivity contribution in [3.05, 3.63) is 107 Å². The molecule has 1 aromatic heterocycles. The van der Waals surface area contributed by atoms with Gasteiger partial charge in [0.25, 0.3) is 0 Å². The fourth-order valence-corrected chi connectivity index (χ4v) is 2.63. The van der Waals surface area contributed by atoms with E-state index in [1.54, 1.807) is 60.8 Å². The number of halogens is 2. The van der Waals surface area contributed by atoms with E-state index in [1.807, 2.05) is 6.07 Å².